The molecule has 0 spiro atoms. The Hall–Kier alpha value is -3.41. The molecule has 0 fully saturated rings. The molecule has 0 saturated heterocycles. The largest absolute Gasteiger partial charge is 0.462 e. The Bertz CT molecular complexity index is 1330. The first kappa shape index (κ1) is 65.6. The van der Waals surface area contributed by atoms with Gasteiger partial charge in [0.1, 0.15) is 13.2 Å². The van der Waals surface area contributed by atoms with Crippen molar-refractivity contribution in [2.24, 2.45) is 0 Å². The van der Waals surface area contributed by atoms with Crippen molar-refractivity contribution >= 4 is 17.9 Å². The molecule has 0 N–H and O–H groups in total. The summed E-state index contributed by atoms with van der Waals surface area (Å²) in [6.45, 7) is 6.40. The summed E-state index contributed by atoms with van der Waals surface area (Å²) < 4.78 is 16.6. The van der Waals surface area contributed by atoms with Gasteiger partial charge in [0.25, 0.3) is 0 Å². The summed E-state index contributed by atoms with van der Waals surface area (Å²) in [5, 5.41) is 0. The van der Waals surface area contributed by atoms with Gasteiger partial charge >= 0.3 is 17.9 Å². The van der Waals surface area contributed by atoms with Gasteiger partial charge < -0.3 is 14.2 Å². The highest BCUT2D eigenvalue weighted by molar-refractivity contribution is 5.72. The maximum absolute atomic E-state index is 12.7. The molecule has 0 bridgehead atoms. The van der Waals surface area contributed by atoms with Crippen LogP contribution in [0.25, 0.3) is 0 Å². The first-order chi connectivity index (χ1) is 34.0. The standard InChI is InChI=1S/C63H108O6/c1-4-7-10-13-16-18-20-22-24-25-26-27-28-29-30-31-32-33-34-35-36-37-39-40-42-44-47-50-53-56-62(65)68-59-60(58-67-61(64)55-52-49-46-15-12-9-6-3)69-63(66)57-54-51-48-45-43-41-38-23-21-19-17-14-11-8-5-2/h8,11,17,19-20,22-23,25-26,38,43,45,51,54,60H,4-7,9-10,12-16,18,21,24,27-37,39-42,44,46-50,52-53,55-59H2,1-3H3/b11-8-,19-17-,22-20-,26-25-,38-23-,45-43-,54-51-. The summed E-state index contributed by atoms with van der Waals surface area (Å²) >= 11 is 0. The van der Waals surface area contributed by atoms with Crippen molar-refractivity contribution < 1.29 is 28.6 Å². The molecular weight excluding hydrogens is 853 g/mol. The lowest BCUT2D eigenvalue weighted by molar-refractivity contribution is -0.166. The summed E-state index contributed by atoms with van der Waals surface area (Å²) in [5.41, 5.74) is 0. The highest BCUT2D eigenvalue weighted by Gasteiger charge is 2.19. The number of ether oxygens (including phenoxy) is 3. The molecule has 0 rings (SSSR count). The number of hydrogen-bond acceptors (Lipinski definition) is 6. The van der Waals surface area contributed by atoms with Crippen LogP contribution < -0.4 is 0 Å². The van der Waals surface area contributed by atoms with Crippen molar-refractivity contribution in [2.75, 3.05) is 13.2 Å². The smallest absolute Gasteiger partial charge is 0.310 e. The molecule has 6 heteroatoms. The number of esters is 3. The molecule has 0 aliphatic heterocycles. The average Bonchev–Trinajstić information content (AvgIpc) is 3.35. The van der Waals surface area contributed by atoms with Crippen molar-refractivity contribution in [2.45, 2.75) is 284 Å². The van der Waals surface area contributed by atoms with E-state index in [1.807, 2.05) is 6.08 Å². The van der Waals surface area contributed by atoms with E-state index in [-0.39, 0.29) is 31.6 Å². The second-order valence-electron chi connectivity index (χ2n) is 19.2. The van der Waals surface area contributed by atoms with Gasteiger partial charge in [-0.25, -0.2) is 0 Å². The van der Waals surface area contributed by atoms with Gasteiger partial charge in [-0.15, -0.1) is 0 Å². The molecule has 0 aromatic rings. The van der Waals surface area contributed by atoms with E-state index in [1.54, 1.807) is 6.08 Å². The Morgan fingerprint density at radius 3 is 0.957 bits per heavy atom. The Balaban J connectivity index is 4.13. The SMILES string of the molecule is CC/C=C\C/C=C\C/C=C\C/C=C\C/C=C\CC(=O)OC(COC(=O)CCCCCCCCC)COC(=O)CCCCCCCCCCCCCCCCCCC/C=C\C/C=C\CCCCCCC. The highest BCUT2D eigenvalue weighted by atomic mass is 16.6. The predicted molar refractivity (Wildman–Crippen MR) is 297 cm³/mol. The maximum Gasteiger partial charge on any atom is 0.310 e. The Labute approximate surface area is 426 Å². The average molecular weight is 962 g/mol. The molecule has 0 aliphatic carbocycles. The minimum Gasteiger partial charge on any atom is -0.462 e. The zero-order valence-corrected chi connectivity index (χ0v) is 45.3. The normalized spacial score (nSPS) is 12.7. The molecule has 6 nitrogen and oxygen atoms in total. The van der Waals surface area contributed by atoms with Crippen molar-refractivity contribution in [3.05, 3.63) is 85.1 Å². The highest BCUT2D eigenvalue weighted by Crippen LogP contribution is 2.16. The van der Waals surface area contributed by atoms with Crippen LogP contribution in [0.5, 0.6) is 0 Å². The molecule has 0 aromatic carbocycles. The van der Waals surface area contributed by atoms with Gasteiger partial charge in [0, 0.05) is 12.8 Å². The molecule has 0 saturated carbocycles. The van der Waals surface area contributed by atoms with E-state index in [4.69, 9.17) is 14.2 Å². The molecule has 0 amide bonds. The number of carbonyl (C=O) groups excluding carboxylic acids is 3. The first-order valence-corrected chi connectivity index (χ1v) is 29.1. The predicted octanol–water partition coefficient (Wildman–Crippen LogP) is 19.5. The van der Waals surface area contributed by atoms with Crippen molar-refractivity contribution in [1.29, 1.82) is 0 Å². The fourth-order valence-corrected chi connectivity index (χ4v) is 8.08. The van der Waals surface area contributed by atoms with Crippen LogP contribution in [0.15, 0.2) is 85.1 Å². The Morgan fingerprint density at radius 1 is 0.319 bits per heavy atom. The van der Waals surface area contributed by atoms with Gasteiger partial charge in [-0.2, -0.15) is 0 Å². The first-order valence-electron chi connectivity index (χ1n) is 29.1. The van der Waals surface area contributed by atoms with Gasteiger partial charge in [-0.3, -0.25) is 14.4 Å². The van der Waals surface area contributed by atoms with Crippen LogP contribution in [-0.4, -0.2) is 37.2 Å². The van der Waals surface area contributed by atoms with Crippen molar-refractivity contribution in [3.63, 3.8) is 0 Å². The molecule has 0 heterocycles. The van der Waals surface area contributed by atoms with E-state index in [2.05, 4.69) is 93.7 Å². The second-order valence-corrected chi connectivity index (χ2v) is 19.2. The van der Waals surface area contributed by atoms with Crippen molar-refractivity contribution in [3.8, 4) is 0 Å². The zero-order valence-electron chi connectivity index (χ0n) is 45.3. The zero-order chi connectivity index (χ0) is 50.0. The quantitative estimate of drug-likeness (QED) is 0.0262. The summed E-state index contributed by atoms with van der Waals surface area (Å²) in [6, 6.07) is 0. The van der Waals surface area contributed by atoms with Crippen LogP contribution in [-0.2, 0) is 28.6 Å². The molecular formula is C63H108O6. The third-order valence-corrected chi connectivity index (χ3v) is 12.4. The molecule has 69 heavy (non-hydrogen) atoms. The number of carbonyl (C=O) groups is 3. The molecule has 0 aromatic heterocycles. The van der Waals surface area contributed by atoms with E-state index in [0.29, 0.717) is 12.8 Å². The van der Waals surface area contributed by atoms with Crippen molar-refractivity contribution in [1.82, 2.24) is 0 Å². The Morgan fingerprint density at radius 2 is 0.609 bits per heavy atom. The fraction of sp³-hybridized carbons (Fsp3) is 0.730. The van der Waals surface area contributed by atoms with Crippen LogP contribution in [0.1, 0.15) is 278 Å². The monoisotopic (exact) mass is 961 g/mol. The number of hydrogen-bond donors (Lipinski definition) is 0. The number of rotatable bonds is 52. The Kier molecular flexibility index (Phi) is 54.3. The van der Waals surface area contributed by atoms with Crippen LogP contribution in [0.4, 0.5) is 0 Å². The van der Waals surface area contributed by atoms with Gasteiger partial charge in [-0.05, 0) is 77.0 Å². The van der Waals surface area contributed by atoms with E-state index >= 15 is 0 Å². The van der Waals surface area contributed by atoms with E-state index < -0.39 is 12.1 Å². The molecule has 396 valence electrons. The third-order valence-electron chi connectivity index (χ3n) is 12.4. The lowest BCUT2D eigenvalue weighted by atomic mass is 10.0. The van der Waals surface area contributed by atoms with Gasteiger partial charge in [-0.1, -0.05) is 266 Å². The minimum absolute atomic E-state index is 0.0984. The van der Waals surface area contributed by atoms with Gasteiger partial charge in [0.15, 0.2) is 6.10 Å². The summed E-state index contributed by atoms with van der Waals surface area (Å²) in [5.74, 6) is -1.05. The van der Waals surface area contributed by atoms with E-state index in [0.717, 1.165) is 77.0 Å². The van der Waals surface area contributed by atoms with Crippen LogP contribution in [0.2, 0.25) is 0 Å². The van der Waals surface area contributed by atoms with E-state index in [9.17, 15) is 14.4 Å². The van der Waals surface area contributed by atoms with Gasteiger partial charge in [0.2, 0.25) is 0 Å². The molecule has 1 unspecified atom stereocenters. The lowest BCUT2D eigenvalue weighted by Crippen LogP contribution is -2.30. The molecule has 1 atom stereocenters. The third kappa shape index (κ3) is 55.4. The number of unbranched alkanes of at least 4 members (excludes halogenated alkanes) is 28. The van der Waals surface area contributed by atoms with Gasteiger partial charge in [0.05, 0.1) is 6.42 Å². The fourth-order valence-electron chi connectivity index (χ4n) is 8.08. The maximum atomic E-state index is 12.7. The lowest BCUT2D eigenvalue weighted by Gasteiger charge is -2.18. The summed E-state index contributed by atoms with van der Waals surface area (Å²) in [7, 11) is 0. The molecule has 0 radical (unpaired) electrons. The topological polar surface area (TPSA) is 78.9 Å². The van der Waals surface area contributed by atoms with Crippen LogP contribution >= 0.6 is 0 Å². The van der Waals surface area contributed by atoms with E-state index in [1.165, 1.54) is 161 Å². The summed E-state index contributed by atoms with van der Waals surface area (Å²) in [4.78, 5) is 37.8. The van der Waals surface area contributed by atoms with Crippen LogP contribution in [0, 0.1) is 0 Å². The summed E-state index contributed by atoms with van der Waals surface area (Å²) in [6.07, 6.45) is 75.0. The molecule has 0 aliphatic rings. The number of allylic oxidation sites excluding steroid dienone is 13. The minimum atomic E-state index is -0.826. The van der Waals surface area contributed by atoms with Crippen LogP contribution in [0.3, 0.4) is 0 Å². The second kappa shape index (κ2) is 57.2.